The highest BCUT2D eigenvalue weighted by Gasteiger charge is 2.20. The van der Waals surface area contributed by atoms with E-state index in [2.05, 4.69) is 10.3 Å². The van der Waals surface area contributed by atoms with Crippen molar-refractivity contribution in [3.63, 3.8) is 0 Å². The smallest absolute Gasteiger partial charge is 0.251 e. The third-order valence-electron chi connectivity index (χ3n) is 5.46. The second kappa shape index (κ2) is 8.47. The van der Waals surface area contributed by atoms with Gasteiger partial charge in [-0.1, -0.05) is 29.8 Å². The predicted octanol–water partition coefficient (Wildman–Crippen LogP) is 3.29. The van der Waals surface area contributed by atoms with Gasteiger partial charge in [0.2, 0.25) is 5.91 Å². The minimum absolute atomic E-state index is 0.110. The zero-order valence-electron chi connectivity index (χ0n) is 16.7. The van der Waals surface area contributed by atoms with E-state index in [1.165, 1.54) is 6.42 Å². The number of aromatic nitrogens is 2. The summed E-state index contributed by atoms with van der Waals surface area (Å²) in [6.45, 7) is 4.16. The number of nitrogens with one attached hydrogen (secondary N) is 1. The average Bonchev–Trinajstić information content (AvgIpc) is 3.10. The molecule has 0 bridgehead atoms. The summed E-state index contributed by atoms with van der Waals surface area (Å²) in [6, 6.07) is 15.2. The second-order valence-corrected chi connectivity index (χ2v) is 7.59. The summed E-state index contributed by atoms with van der Waals surface area (Å²) >= 11 is 0. The zero-order valence-corrected chi connectivity index (χ0v) is 16.7. The van der Waals surface area contributed by atoms with Crippen LogP contribution in [-0.4, -0.2) is 39.4 Å². The van der Waals surface area contributed by atoms with Gasteiger partial charge in [0, 0.05) is 18.7 Å². The minimum atomic E-state index is -0.147. The molecule has 2 amide bonds. The number of carbonyl (C=O) groups is 2. The first kappa shape index (κ1) is 19.2. The number of benzene rings is 2. The lowest BCUT2D eigenvalue weighted by atomic mass is 10.1. The topological polar surface area (TPSA) is 67.2 Å². The van der Waals surface area contributed by atoms with Gasteiger partial charge in [-0.15, -0.1) is 0 Å². The standard InChI is InChI=1S/C23H26N4O2/c1-17-9-11-18(12-10-17)23(29)24-15-21-25-19-7-3-4-8-20(19)27(21)16-22(28)26-13-5-2-6-14-26/h3-4,7-12H,2,5-6,13-16H2,1H3,(H,24,29). The summed E-state index contributed by atoms with van der Waals surface area (Å²) in [7, 11) is 0. The highest BCUT2D eigenvalue weighted by atomic mass is 16.2. The van der Waals surface area contributed by atoms with Crippen molar-refractivity contribution in [3.8, 4) is 0 Å². The number of rotatable bonds is 5. The maximum Gasteiger partial charge on any atom is 0.251 e. The Kier molecular flexibility index (Phi) is 5.60. The summed E-state index contributed by atoms with van der Waals surface area (Å²) in [4.78, 5) is 32.0. The lowest BCUT2D eigenvalue weighted by Crippen LogP contribution is -2.38. The van der Waals surface area contributed by atoms with Crippen LogP contribution in [0.5, 0.6) is 0 Å². The van der Waals surface area contributed by atoms with E-state index in [0.717, 1.165) is 42.5 Å². The number of hydrogen-bond donors (Lipinski definition) is 1. The van der Waals surface area contributed by atoms with E-state index < -0.39 is 0 Å². The van der Waals surface area contributed by atoms with Crippen molar-refractivity contribution in [2.45, 2.75) is 39.3 Å². The van der Waals surface area contributed by atoms with Crippen LogP contribution in [0, 0.1) is 6.92 Å². The van der Waals surface area contributed by atoms with Gasteiger partial charge in [0.05, 0.1) is 17.6 Å². The molecule has 6 nitrogen and oxygen atoms in total. The Morgan fingerprint density at radius 2 is 1.72 bits per heavy atom. The number of nitrogens with zero attached hydrogens (tertiary/aromatic N) is 3. The molecular formula is C23H26N4O2. The number of aryl methyl sites for hydroxylation is 1. The lowest BCUT2D eigenvalue weighted by molar-refractivity contribution is -0.132. The van der Waals surface area contributed by atoms with E-state index in [-0.39, 0.29) is 24.9 Å². The third-order valence-corrected chi connectivity index (χ3v) is 5.46. The van der Waals surface area contributed by atoms with Crippen molar-refractivity contribution in [3.05, 3.63) is 65.5 Å². The monoisotopic (exact) mass is 390 g/mol. The number of carbonyl (C=O) groups excluding carboxylic acids is 2. The number of para-hydroxylation sites is 2. The van der Waals surface area contributed by atoms with Crippen molar-refractivity contribution in [2.24, 2.45) is 0 Å². The molecule has 0 unspecified atom stereocenters. The van der Waals surface area contributed by atoms with Crippen LogP contribution in [0.3, 0.4) is 0 Å². The molecule has 4 rings (SSSR count). The van der Waals surface area contributed by atoms with Crippen LogP contribution in [0.15, 0.2) is 48.5 Å². The molecule has 6 heteroatoms. The highest BCUT2D eigenvalue weighted by molar-refractivity contribution is 5.94. The first-order valence-electron chi connectivity index (χ1n) is 10.2. The summed E-state index contributed by atoms with van der Waals surface area (Å²) in [5.41, 5.74) is 3.47. The number of amides is 2. The van der Waals surface area contributed by atoms with Crippen LogP contribution in [0.1, 0.15) is 41.0 Å². The predicted molar refractivity (Wildman–Crippen MR) is 113 cm³/mol. The Labute approximate surface area is 170 Å². The maximum atomic E-state index is 12.8. The van der Waals surface area contributed by atoms with Crippen LogP contribution < -0.4 is 5.32 Å². The Balaban J connectivity index is 1.53. The van der Waals surface area contributed by atoms with E-state index >= 15 is 0 Å². The van der Waals surface area contributed by atoms with Crippen molar-refractivity contribution >= 4 is 22.8 Å². The minimum Gasteiger partial charge on any atom is -0.345 e. The van der Waals surface area contributed by atoms with E-state index in [9.17, 15) is 9.59 Å². The maximum absolute atomic E-state index is 12.8. The van der Waals surface area contributed by atoms with Gasteiger partial charge in [-0.3, -0.25) is 9.59 Å². The molecular weight excluding hydrogens is 364 g/mol. The molecule has 1 aliphatic heterocycles. The molecule has 2 aromatic carbocycles. The molecule has 0 saturated carbocycles. The van der Waals surface area contributed by atoms with Crippen molar-refractivity contribution in [2.75, 3.05) is 13.1 Å². The van der Waals surface area contributed by atoms with Crippen LogP contribution in [0.25, 0.3) is 11.0 Å². The van der Waals surface area contributed by atoms with E-state index in [1.807, 2.05) is 64.9 Å². The van der Waals surface area contributed by atoms with E-state index in [1.54, 1.807) is 0 Å². The summed E-state index contributed by atoms with van der Waals surface area (Å²) in [5.74, 6) is 0.655. The fraction of sp³-hybridized carbons (Fsp3) is 0.348. The Bertz CT molecular complexity index is 1020. The summed E-state index contributed by atoms with van der Waals surface area (Å²) in [5, 5.41) is 2.94. The molecule has 1 aliphatic rings. The first-order valence-corrected chi connectivity index (χ1v) is 10.2. The van der Waals surface area contributed by atoms with Crippen molar-refractivity contribution in [1.82, 2.24) is 19.8 Å². The van der Waals surface area contributed by atoms with Gasteiger partial charge in [-0.2, -0.15) is 0 Å². The number of likely N-dealkylation sites (tertiary alicyclic amines) is 1. The lowest BCUT2D eigenvalue weighted by Gasteiger charge is -2.27. The molecule has 0 spiro atoms. The van der Waals surface area contributed by atoms with Gasteiger partial charge in [0.1, 0.15) is 12.4 Å². The third kappa shape index (κ3) is 4.31. The Morgan fingerprint density at radius 3 is 2.48 bits per heavy atom. The quantitative estimate of drug-likeness (QED) is 0.727. The summed E-state index contributed by atoms with van der Waals surface area (Å²) in [6.07, 6.45) is 3.32. The number of piperidine rings is 1. The normalized spacial score (nSPS) is 14.2. The van der Waals surface area contributed by atoms with Crippen LogP contribution in [0.2, 0.25) is 0 Å². The van der Waals surface area contributed by atoms with Gasteiger partial charge in [0.25, 0.3) is 5.91 Å². The van der Waals surface area contributed by atoms with Crippen LogP contribution >= 0.6 is 0 Å². The van der Waals surface area contributed by atoms with Crippen LogP contribution in [0.4, 0.5) is 0 Å². The van der Waals surface area contributed by atoms with Gasteiger partial charge < -0.3 is 14.8 Å². The Hall–Kier alpha value is -3.15. The van der Waals surface area contributed by atoms with E-state index in [0.29, 0.717) is 11.4 Å². The average molecular weight is 390 g/mol. The SMILES string of the molecule is Cc1ccc(C(=O)NCc2nc3ccccc3n2CC(=O)N2CCCCC2)cc1. The first-order chi connectivity index (χ1) is 14.1. The van der Waals surface area contributed by atoms with Crippen LogP contribution in [-0.2, 0) is 17.9 Å². The number of hydrogen-bond acceptors (Lipinski definition) is 3. The number of fused-ring (bicyclic) bond motifs is 1. The highest BCUT2D eigenvalue weighted by Crippen LogP contribution is 2.18. The van der Waals surface area contributed by atoms with Crippen molar-refractivity contribution in [1.29, 1.82) is 0 Å². The molecule has 1 N–H and O–H groups in total. The van der Waals surface area contributed by atoms with E-state index in [4.69, 9.17) is 0 Å². The molecule has 1 aromatic heterocycles. The number of imidazole rings is 1. The molecule has 150 valence electrons. The summed E-state index contributed by atoms with van der Waals surface area (Å²) < 4.78 is 1.93. The molecule has 1 saturated heterocycles. The van der Waals surface area contributed by atoms with Gasteiger partial charge in [-0.05, 0) is 50.5 Å². The molecule has 0 radical (unpaired) electrons. The molecule has 2 heterocycles. The molecule has 0 aliphatic carbocycles. The van der Waals surface area contributed by atoms with Gasteiger partial charge >= 0.3 is 0 Å². The second-order valence-electron chi connectivity index (χ2n) is 7.59. The fourth-order valence-corrected chi connectivity index (χ4v) is 3.78. The largest absolute Gasteiger partial charge is 0.345 e. The fourth-order valence-electron chi connectivity index (χ4n) is 3.78. The molecule has 29 heavy (non-hydrogen) atoms. The molecule has 3 aromatic rings. The molecule has 1 fully saturated rings. The molecule has 0 atom stereocenters. The Morgan fingerprint density at radius 1 is 1.00 bits per heavy atom. The zero-order chi connectivity index (χ0) is 20.2. The van der Waals surface area contributed by atoms with Gasteiger partial charge in [0.15, 0.2) is 0 Å². The van der Waals surface area contributed by atoms with Gasteiger partial charge in [-0.25, -0.2) is 4.98 Å². The van der Waals surface area contributed by atoms with Crippen molar-refractivity contribution < 1.29 is 9.59 Å².